The lowest BCUT2D eigenvalue weighted by atomic mass is 10.2. The lowest BCUT2D eigenvalue weighted by molar-refractivity contribution is 0.112. The smallest absolute Gasteiger partial charge is 0.150 e. The third-order valence-electron chi connectivity index (χ3n) is 3.42. The molecule has 0 saturated heterocycles. The Balaban J connectivity index is 2.05. The minimum atomic E-state index is 0.541. The van der Waals surface area contributed by atoms with Crippen molar-refractivity contribution in [3.63, 3.8) is 0 Å². The van der Waals surface area contributed by atoms with E-state index in [1.165, 1.54) is 0 Å². The molecule has 0 radical (unpaired) electrons. The molecule has 0 fully saturated rings. The standard InChI is InChI=1S/C16H12Cl2N2O/c1-10-19-15-7-12(9-21)3-5-16(15)20(10)8-11-2-4-13(17)14(18)6-11/h2-7,9H,8H2,1H3. The Morgan fingerprint density at radius 1 is 1.14 bits per heavy atom. The predicted molar refractivity (Wildman–Crippen MR) is 85.4 cm³/mol. The van der Waals surface area contributed by atoms with Gasteiger partial charge < -0.3 is 4.57 Å². The van der Waals surface area contributed by atoms with Gasteiger partial charge in [0.25, 0.3) is 0 Å². The number of benzene rings is 2. The molecule has 2 aromatic carbocycles. The number of aryl methyl sites for hydroxylation is 1. The molecular formula is C16H12Cl2N2O. The van der Waals surface area contributed by atoms with Gasteiger partial charge in [0.2, 0.25) is 0 Å². The summed E-state index contributed by atoms with van der Waals surface area (Å²) in [6, 6.07) is 11.1. The maximum absolute atomic E-state index is 10.8. The number of halogens is 2. The fourth-order valence-electron chi connectivity index (χ4n) is 2.36. The minimum absolute atomic E-state index is 0.541. The molecule has 3 nitrogen and oxygen atoms in total. The Morgan fingerprint density at radius 2 is 1.95 bits per heavy atom. The molecule has 0 amide bonds. The van der Waals surface area contributed by atoms with Crippen LogP contribution in [0.1, 0.15) is 21.7 Å². The first-order chi connectivity index (χ1) is 10.1. The maximum atomic E-state index is 10.8. The third kappa shape index (κ3) is 2.67. The van der Waals surface area contributed by atoms with E-state index < -0.39 is 0 Å². The van der Waals surface area contributed by atoms with Crippen LogP contribution in [0.3, 0.4) is 0 Å². The molecule has 0 bridgehead atoms. The van der Waals surface area contributed by atoms with Crippen molar-refractivity contribution < 1.29 is 4.79 Å². The summed E-state index contributed by atoms with van der Waals surface area (Å²) in [6.45, 7) is 2.60. The summed E-state index contributed by atoms with van der Waals surface area (Å²) in [5.74, 6) is 0.888. The lowest BCUT2D eigenvalue weighted by Crippen LogP contribution is -2.02. The molecule has 3 aromatic rings. The molecule has 0 atom stereocenters. The van der Waals surface area contributed by atoms with Crippen LogP contribution in [0.25, 0.3) is 11.0 Å². The Hall–Kier alpha value is -1.84. The number of hydrogen-bond donors (Lipinski definition) is 0. The van der Waals surface area contributed by atoms with E-state index in [0.29, 0.717) is 22.2 Å². The zero-order valence-corrected chi connectivity index (χ0v) is 12.8. The summed E-state index contributed by atoms with van der Waals surface area (Å²) in [7, 11) is 0. The van der Waals surface area contributed by atoms with E-state index in [-0.39, 0.29) is 0 Å². The van der Waals surface area contributed by atoms with Crippen molar-refractivity contribution in [1.82, 2.24) is 9.55 Å². The second-order valence-corrected chi connectivity index (χ2v) is 5.67. The molecule has 0 aliphatic rings. The number of hydrogen-bond acceptors (Lipinski definition) is 2. The highest BCUT2D eigenvalue weighted by molar-refractivity contribution is 6.42. The second-order valence-electron chi connectivity index (χ2n) is 4.86. The highest BCUT2D eigenvalue weighted by Gasteiger charge is 2.09. The van der Waals surface area contributed by atoms with E-state index in [1.807, 2.05) is 25.1 Å². The van der Waals surface area contributed by atoms with Crippen LogP contribution in [0.2, 0.25) is 10.0 Å². The highest BCUT2D eigenvalue weighted by atomic mass is 35.5. The van der Waals surface area contributed by atoms with E-state index in [9.17, 15) is 4.79 Å². The SMILES string of the molecule is Cc1nc2cc(C=O)ccc2n1Cc1ccc(Cl)c(Cl)c1. The van der Waals surface area contributed by atoms with Gasteiger partial charge in [0.15, 0.2) is 0 Å². The summed E-state index contributed by atoms with van der Waals surface area (Å²) in [5.41, 5.74) is 3.48. The van der Waals surface area contributed by atoms with E-state index >= 15 is 0 Å². The highest BCUT2D eigenvalue weighted by Crippen LogP contribution is 2.24. The fraction of sp³-hybridized carbons (Fsp3) is 0.125. The minimum Gasteiger partial charge on any atom is -0.324 e. The fourth-order valence-corrected chi connectivity index (χ4v) is 2.68. The van der Waals surface area contributed by atoms with Crippen molar-refractivity contribution in [3.8, 4) is 0 Å². The number of fused-ring (bicyclic) bond motifs is 1. The number of carbonyl (C=O) groups is 1. The van der Waals surface area contributed by atoms with Gasteiger partial charge in [-0.15, -0.1) is 0 Å². The van der Waals surface area contributed by atoms with Crippen LogP contribution in [0.5, 0.6) is 0 Å². The number of nitrogens with zero attached hydrogens (tertiary/aromatic N) is 2. The zero-order valence-electron chi connectivity index (χ0n) is 11.3. The van der Waals surface area contributed by atoms with Crippen molar-refractivity contribution in [2.75, 3.05) is 0 Å². The average Bonchev–Trinajstić information content (AvgIpc) is 2.78. The number of carbonyl (C=O) groups excluding carboxylic acids is 1. The molecule has 0 unspecified atom stereocenters. The molecular weight excluding hydrogens is 307 g/mol. The van der Waals surface area contributed by atoms with Crippen LogP contribution >= 0.6 is 23.2 Å². The molecule has 0 spiro atoms. The molecule has 0 aliphatic heterocycles. The van der Waals surface area contributed by atoms with E-state index in [4.69, 9.17) is 23.2 Å². The Labute approximate surface area is 132 Å². The summed E-state index contributed by atoms with van der Waals surface area (Å²) < 4.78 is 2.09. The number of rotatable bonds is 3. The van der Waals surface area contributed by atoms with Gasteiger partial charge in [-0.05, 0) is 42.8 Å². The Bertz CT molecular complexity index is 840. The average molecular weight is 319 g/mol. The summed E-state index contributed by atoms with van der Waals surface area (Å²) in [6.07, 6.45) is 0.826. The normalized spacial score (nSPS) is 11.0. The van der Waals surface area contributed by atoms with Gasteiger partial charge in [0.1, 0.15) is 12.1 Å². The molecule has 5 heteroatoms. The van der Waals surface area contributed by atoms with Gasteiger partial charge in [0, 0.05) is 12.1 Å². The number of aromatic nitrogens is 2. The van der Waals surface area contributed by atoms with E-state index in [0.717, 1.165) is 28.7 Å². The summed E-state index contributed by atoms with van der Waals surface area (Å²) >= 11 is 12.0. The van der Waals surface area contributed by atoms with Crippen LogP contribution in [-0.4, -0.2) is 15.8 Å². The van der Waals surface area contributed by atoms with Crippen molar-refractivity contribution >= 4 is 40.5 Å². The molecule has 0 N–H and O–H groups in total. The third-order valence-corrected chi connectivity index (χ3v) is 4.16. The summed E-state index contributed by atoms with van der Waals surface area (Å²) in [4.78, 5) is 15.3. The van der Waals surface area contributed by atoms with Crippen LogP contribution in [0.4, 0.5) is 0 Å². The van der Waals surface area contributed by atoms with Gasteiger partial charge in [-0.25, -0.2) is 4.98 Å². The van der Waals surface area contributed by atoms with Gasteiger partial charge >= 0.3 is 0 Å². The second kappa shape index (κ2) is 5.51. The van der Waals surface area contributed by atoms with Crippen molar-refractivity contribution in [2.45, 2.75) is 13.5 Å². The number of aldehydes is 1. The van der Waals surface area contributed by atoms with Crippen molar-refractivity contribution in [1.29, 1.82) is 0 Å². The lowest BCUT2D eigenvalue weighted by Gasteiger charge is -2.08. The van der Waals surface area contributed by atoms with E-state index in [1.54, 1.807) is 18.2 Å². The van der Waals surface area contributed by atoms with Gasteiger partial charge in [-0.2, -0.15) is 0 Å². The molecule has 1 aromatic heterocycles. The Kier molecular flexibility index (Phi) is 3.70. The quantitative estimate of drug-likeness (QED) is 0.666. The molecule has 1 heterocycles. The first-order valence-electron chi connectivity index (χ1n) is 6.44. The van der Waals surface area contributed by atoms with Crippen molar-refractivity contribution in [3.05, 3.63) is 63.4 Å². The van der Waals surface area contributed by atoms with Gasteiger partial charge in [-0.3, -0.25) is 4.79 Å². The van der Waals surface area contributed by atoms with Crippen molar-refractivity contribution in [2.24, 2.45) is 0 Å². The van der Waals surface area contributed by atoms with E-state index in [2.05, 4.69) is 9.55 Å². The van der Waals surface area contributed by atoms with Crippen LogP contribution < -0.4 is 0 Å². The maximum Gasteiger partial charge on any atom is 0.150 e. The first kappa shape index (κ1) is 14.1. The van der Waals surface area contributed by atoms with Crippen LogP contribution in [-0.2, 0) is 6.54 Å². The van der Waals surface area contributed by atoms with Crippen LogP contribution in [0, 0.1) is 6.92 Å². The molecule has 21 heavy (non-hydrogen) atoms. The monoisotopic (exact) mass is 318 g/mol. The first-order valence-corrected chi connectivity index (χ1v) is 7.20. The molecule has 106 valence electrons. The summed E-state index contributed by atoms with van der Waals surface area (Å²) in [5, 5.41) is 1.09. The Morgan fingerprint density at radius 3 is 2.67 bits per heavy atom. The van der Waals surface area contributed by atoms with Crippen LogP contribution in [0.15, 0.2) is 36.4 Å². The van der Waals surface area contributed by atoms with Gasteiger partial charge in [0.05, 0.1) is 21.1 Å². The largest absolute Gasteiger partial charge is 0.324 e. The van der Waals surface area contributed by atoms with Gasteiger partial charge in [-0.1, -0.05) is 29.3 Å². The molecule has 0 saturated carbocycles. The molecule has 0 aliphatic carbocycles. The topological polar surface area (TPSA) is 34.9 Å². The number of imidazole rings is 1. The molecule has 3 rings (SSSR count). The zero-order chi connectivity index (χ0) is 15.0. The predicted octanol–water partition coefficient (Wildman–Crippen LogP) is 4.51.